The highest BCUT2D eigenvalue weighted by atomic mass is 16.2. The monoisotopic (exact) mass is 212 g/mol. The van der Waals surface area contributed by atoms with Crippen LogP contribution < -0.4 is 5.32 Å². The Kier molecular flexibility index (Phi) is 4.58. The molecule has 3 nitrogen and oxygen atoms in total. The molecule has 1 fully saturated rings. The molecule has 0 spiro atoms. The van der Waals surface area contributed by atoms with Crippen LogP contribution in [0.2, 0.25) is 0 Å². The molecule has 0 aromatic carbocycles. The number of nitrogens with zero attached hydrogens (tertiary/aromatic N) is 1. The van der Waals surface area contributed by atoms with Crippen molar-refractivity contribution < 1.29 is 4.79 Å². The first-order valence-electron chi connectivity index (χ1n) is 6.23. The Morgan fingerprint density at radius 3 is 2.40 bits per heavy atom. The Morgan fingerprint density at radius 1 is 1.33 bits per heavy atom. The van der Waals surface area contributed by atoms with Crippen LogP contribution in [0.1, 0.15) is 53.4 Å². The topological polar surface area (TPSA) is 32.3 Å². The van der Waals surface area contributed by atoms with Gasteiger partial charge in [0, 0.05) is 6.04 Å². The summed E-state index contributed by atoms with van der Waals surface area (Å²) >= 11 is 0. The molecule has 0 aliphatic carbocycles. The average molecular weight is 212 g/mol. The summed E-state index contributed by atoms with van der Waals surface area (Å²) in [6, 6.07) is 0.465. The fourth-order valence-corrected chi connectivity index (χ4v) is 2.49. The Bertz CT molecular complexity index is 214. The first-order chi connectivity index (χ1) is 7.15. The van der Waals surface area contributed by atoms with Crippen molar-refractivity contribution in [2.45, 2.75) is 71.6 Å². The zero-order valence-electron chi connectivity index (χ0n) is 10.4. The van der Waals surface area contributed by atoms with Gasteiger partial charge in [-0.2, -0.15) is 0 Å². The maximum absolute atomic E-state index is 12.1. The number of carbonyl (C=O) groups excluding carboxylic acids is 1. The van der Waals surface area contributed by atoms with Crippen molar-refractivity contribution in [2.24, 2.45) is 0 Å². The van der Waals surface area contributed by atoms with Crippen LogP contribution >= 0.6 is 0 Å². The Balaban J connectivity index is 2.69. The molecule has 0 radical (unpaired) electrons. The molecule has 1 rings (SSSR count). The van der Waals surface area contributed by atoms with Gasteiger partial charge in [-0.15, -0.1) is 0 Å². The van der Waals surface area contributed by atoms with Crippen LogP contribution in [0.15, 0.2) is 0 Å². The smallest absolute Gasteiger partial charge is 0.241 e. The SMILES string of the molecule is CCCC1NC(C)N(C(CC)CC)C1=O. The second kappa shape index (κ2) is 5.50. The third kappa shape index (κ3) is 2.51. The van der Waals surface area contributed by atoms with Gasteiger partial charge >= 0.3 is 0 Å². The first kappa shape index (κ1) is 12.5. The molecule has 0 bridgehead atoms. The summed E-state index contributed by atoms with van der Waals surface area (Å²) in [4.78, 5) is 14.2. The lowest BCUT2D eigenvalue weighted by Gasteiger charge is -2.29. The first-order valence-corrected chi connectivity index (χ1v) is 6.23. The highest BCUT2D eigenvalue weighted by Crippen LogP contribution is 2.20. The molecule has 1 amide bonds. The molecule has 1 aliphatic rings. The van der Waals surface area contributed by atoms with Gasteiger partial charge in [-0.3, -0.25) is 10.1 Å². The summed E-state index contributed by atoms with van der Waals surface area (Å²) in [5.41, 5.74) is 0. The summed E-state index contributed by atoms with van der Waals surface area (Å²) in [5.74, 6) is 0.304. The van der Waals surface area contributed by atoms with Crippen LogP contribution in [0.5, 0.6) is 0 Å². The minimum atomic E-state index is 0.0607. The van der Waals surface area contributed by atoms with Crippen LogP contribution in [0.4, 0.5) is 0 Å². The lowest BCUT2D eigenvalue weighted by molar-refractivity contribution is -0.132. The fourth-order valence-electron chi connectivity index (χ4n) is 2.49. The zero-order chi connectivity index (χ0) is 11.4. The maximum Gasteiger partial charge on any atom is 0.241 e. The van der Waals surface area contributed by atoms with Crippen molar-refractivity contribution >= 4 is 5.91 Å². The average Bonchev–Trinajstić information content (AvgIpc) is 2.48. The van der Waals surface area contributed by atoms with Gasteiger partial charge in [0.15, 0.2) is 0 Å². The predicted molar refractivity (Wildman–Crippen MR) is 62.5 cm³/mol. The number of hydrogen-bond acceptors (Lipinski definition) is 2. The molecule has 0 aromatic heterocycles. The van der Waals surface area contributed by atoms with E-state index in [2.05, 4.69) is 33.0 Å². The highest BCUT2D eigenvalue weighted by Gasteiger charge is 2.38. The van der Waals surface area contributed by atoms with Crippen molar-refractivity contribution in [1.82, 2.24) is 10.2 Å². The van der Waals surface area contributed by atoms with Gasteiger partial charge < -0.3 is 4.90 Å². The number of hydrogen-bond donors (Lipinski definition) is 1. The largest absolute Gasteiger partial charge is 0.323 e. The minimum absolute atomic E-state index is 0.0607. The van der Waals surface area contributed by atoms with Crippen LogP contribution in [0.3, 0.4) is 0 Å². The van der Waals surface area contributed by atoms with Crippen LogP contribution in [-0.2, 0) is 4.79 Å². The van der Waals surface area contributed by atoms with E-state index < -0.39 is 0 Å². The minimum Gasteiger partial charge on any atom is -0.323 e. The van der Waals surface area contributed by atoms with Gasteiger partial charge in [-0.05, 0) is 26.2 Å². The number of carbonyl (C=O) groups is 1. The van der Waals surface area contributed by atoms with Gasteiger partial charge in [0.05, 0.1) is 12.2 Å². The van der Waals surface area contributed by atoms with E-state index in [9.17, 15) is 4.79 Å². The summed E-state index contributed by atoms with van der Waals surface area (Å²) < 4.78 is 0. The molecule has 0 aromatic rings. The van der Waals surface area contributed by atoms with Gasteiger partial charge in [0.25, 0.3) is 0 Å². The van der Waals surface area contributed by atoms with E-state index in [1.807, 2.05) is 4.90 Å². The van der Waals surface area contributed by atoms with E-state index >= 15 is 0 Å². The summed E-state index contributed by atoms with van der Waals surface area (Å²) in [7, 11) is 0. The second-order valence-electron chi connectivity index (χ2n) is 4.40. The summed E-state index contributed by atoms with van der Waals surface area (Å²) in [5, 5.41) is 3.38. The van der Waals surface area contributed by atoms with Crippen molar-refractivity contribution in [3.8, 4) is 0 Å². The van der Waals surface area contributed by atoms with Crippen LogP contribution in [-0.4, -0.2) is 29.1 Å². The molecule has 1 aliphatic heterocycles. The van der Waals surface area contributed by atoms with E-state index in [0.717, 1.165) is 25.7 Å². The predicted octanol–water partition coefficient (Wildman–Crippen LogP) is 2.12. The molecular formula is C12H24N2O. The molecule has 88 valence electrons. The van der Waals surface area contributed by atoms with Gasteiger partial charge in [-0.1, -0.05) is 27.2 Å². The molecule has 1 saturated heterocycles. The molecule has 2 atom stereocenters. The lowest BCUT2D eigenvalue weighted by Crippen LogP contribution is -2.42. The van der Waals surface area contributed by atoms with Gasteiger partial charge in [0.2, 0.25) is 5.91 Å². The quantitative estimate of drug-likeness (QED) is 0.757. The highest BCUT2D eigenvalue weighted by molar-refractivity contribution is 5.84. The summed E-state index contributed by atoms with van der Waals surface area (Å²) in [6.45, 7) is 8.52. The van der Waals surface area contributed by atoms with Gasteiger partial charge in [0.1, 0.15) is 0 Å². The summed E-state index contributed by atoms with van der Waals surface area (Å²) in [6.07, 6.45) is 4.33. The van der Waals surface area contributed by atoms with Crippen molar-refractivity contribution in [1.29, 1.82) is 0 Å². The maximum atomic E-state index is 12.1. The second-order valence-corrected chi connectivity index (χ2v) is 4.40. The fraction of sp³-hybridized carbons (Fsp3) is 0.917. The third-order valence-electron chi connectivity index (χ3n) is 3.33. The molecule has 1 N–H and O–H groups in total. The van der Waals surface area contributed by atoms with Crippen molar-refractivity contribution in [3.05, 3.63) is 0 Å². The van der Waals surface area contributed by atoms with Crippen LogP contribution in [0, 0.1) is 0 Å². The zero-order valence-corrected chi connectivity index (χ0v) is 10.4. The van der Waals surface area contributed by atoms with E-state index in [0.29, 0.717) is 11.9 Å². The van der Waals surface area contributed by atoms with Crippen LogP contribution in [0.25, 0.3) is 0 Å². The van der Waals surface area contributed by atoms with Crippen molar-refractivity contribution in [2.75, 3.05) is 0 Å². The van der Waals surface area contributed by atoms with Gasteiger partial charge in [-0.25, -0.2) is 0 Å². The molecule has 3 heteroatoms. The van der Waals surface area contributed by atoms with E-state index in [1.165, 1.54) is 0 Å². The molecular weight excluding hydrogens is 188 g/mol. The van der Waals surface area contributed by atoms with E-state index in [4.69, 9.17) is 0 Å². The molecule has 0 saturated carbocycles. The van der Waals surface area contributed by atoms with Crippen molar-refractivity contribution in [3.63, 3.8) is 0 Å². The molecule has 15 heavy (non-hydrogen) atoms. The lowest BCUT2D eigenvalue weighted by atomic mass is 10.1. The Hall–Kier alpha value is -0.570. The molecule has 1 heterocycles. The van der Waals surface area contributed by atoms with E-state index in [-0.39, 0.29) is 12.2 Å². The Labute approximate surface area is 93.2 Å². The standard InChI is InChI=1S/C12H24N2O/c1-5-8-11-12(15)14(9(4)13-11)10(6-2)7-3/h9-11,13H,5-8H2,1-4H3. The number of nitrogens with one attached hydrogen (secondary N) is 1. The Morgan fingerprint density at radius 2 is 1.93 bits per heavy atom. The third-order valence-corrected chi connectivity index (χ3v) is 3.33. The number of rotatable bonds is 5. The normalized spacial score (nSPS) is 26.7. The van der Waals surface area contributed by atoms with E-state index in [1.54, 1.807) is 0 Å². The number of amides is 1. The molecule has 2 unspecified atom stereocenters.